The third-order valence-corrected chi connectivity index (χ3v) is 16.9. The van der Waals surface area contributed by atoms with Gasteiger partial charge in [-0.2, -0.15) is 0 Å². The highest BCUT2D eigenvalue weighted by Crippen LogP contribution is 2.59. The molecule has 0 saturated heterocycles. The zero-order valence-electron chi connectivity index (χ0n) is 43.3. The molecule has 0 N–H and O–H groups in total. The number of rotatable bonds is 9. The van der Waals surface area contributed by atoms with Gasteiger partial charge < -0.3 is 14.7 Å². The number of hydrogen-bond acceptors (Lipinski definition) is 3. The van der Waals surface area contributed by atoms with E-state index in [9.17, 15) is 0 Å². The molecule has 3 nitrogen and oxygen atoms in total. The van der Waals surface area contributed by atoms with E-state index in [2.05, 4.69) is 315 Å². The molecule has 11 aromatic carbocycles. The molecule has 0 unspecified atom stereocenters. The molecule has 0 spiro atoms. The summed E-state index contributed by atoms with van der Waals surface area (Å²) < 4.78 is 0. The van der Waals surface area contributed by atoms with Gasteiger partial charge in [0, 0.05) is 50.6 Å². The molecule has 76 heavy (non-hydrogen) atoms. The van der Waals surface area contributed by atoms with Crippen LogP contribution in [0.4, 0.5) is 51.2 Å². The van der Waals surface area contributed by atoms with E-state index in [0.29, 0.717) is 0 Å². The quantitative estimate of drug-likeness (QED) is 0.143. The van der Waals surface area contributed by atoms with Crippen molar-refractivity contribution >= 4 is 51.2 Å². The second-order valence-electron chi connectivity index (χ2n) is 21.7. The van der Waals surface area contributed by atoms with Crippen LogP contribution in [-0.4, -0.2) is 0 Å². The summed E-state index contributed by atoms with van der Waals surface area (Å²) in [6.45, 7) is 9.44. The molecule has 3 aliphatic rings. The van der Waals surface area contributed by atoms with Gasteiger partial charge in [0.2, 0.25) is 0 Å². The van der Waals surface area contributed by atoms with Gasteiger partial charge in [-0.15, -0.1) is 0 Å². The van der Waals surface area contributed by atoms with Gasteiger partial charge in [-0.05, 0) is 164 Å². The average Bonchev–Trinajstić information content (AvgIpc) is 3.88. The van der Waals surface area contributed by atoms with E-state index >= 15 is 0 Å². The van der Waals surface area contributed by atoms with Gasteiger partial charge in [-0.1, -0.05) is 204 Å². The molecule has 14 rings (SSSR count). The minimum atomic E-state index is -0.711. The van der Waals surface area contributed by atoms with Crippen molar-refractivity contribution in [3.63, 3.8) is 0 Å². The van der Waals surface area contributed by atoms with Crippen molar-refractivity contribution in [1.29, 1.82) is 0 Å². The number of nitrogens with zero attached hydrogens (tertiary/aromatic N) is 3. The molecule has 1 aliphatic heterocycles. The Morgan fingerprint density at radius 2 is 0.579 bits per heavy atom. The minimum absolute atomic E-state index is 0.131. The van der Waals surface area contributed by atoms with E-state index in [1.54, 1.807) is 0 Å². The van der Waals surface area contributed by atoms with Crippen molar-refractivity contribution < 1.29 is 0 Å². The van der Waals surface area contributed by atoms with E-state index in [-0.39, 0.29) is 10.8 Å². The number of hydrogen-bond donors (Lipinski definition) is 0. The first kappa shape index (κ1) is 45.4. The van der Waals surface area contributed by atoms with Gasteiger partial charge in [0.15, 0.2) is 0 Å². The Balaban J connectivity index is 0.946. The maximum atomic E-state index is 2.45. The maximum Gasteiger partial charge on any atom is 0.0742 e. The minimum Gasteiger partial charge on any atom is -0.310 e. The van der Waals surface area contributed by atoms with Crippen LogP contribution in [0.25, 0.3) is 22.3 Å². The second kappa shape index (κ2) is 17.5. The molecule has 0 atom stereocenters. The van der Waals surface area contributed by atoms with Gasteiger partial charge in [0.05, 0.1) is 16.8 Å². The first-order valence-corrected chi connectivity index (χ1v) is 26.7. The Kier molecular flexibility index (Phi) is 10.4. The molecule has 0 fully saturated rings. The van der Waals surface area contributed by atoms with Crippen LogP contribution in [-0.2, 0) is 16.2 Å². The largest absolute Gasteiger partial charge is 0.310 e. The normalized spacial score (nSPS) is 14.6. The highest BCUT2D eigenvalue weighted by molar-refractivity contribution is 5.91. The third kappa shape index (κ3) is 6.82. The highest BCUT2D eigenvalue weighted by Gasteiger charge is 2.47. The number of benzene rings is 11. The molecule has 1 heterocycles. The Hall–Kier alpha value is -9.18. The van der Waals surface area contributed by atoms with Crippen LogP contribution in [0.1, 0.15) is 72.2 Å². The monoisotopic (exact) mass is 975 g/mol. The van der Waals surface area contributed by atoms with Crippen LogP contribution in [0.5, 0.6) is 0 Å². The smallest absolute Gasteiger partial charge is 0.0742 e. The van der Waals surface area contributed by atoms with Gasteiger partial charge in [-0.25, -0.2) is 0 Å². The van der Waals surface area contributed by atoms with Crippen LogP contribution in [0.3, 0.4) is 0 Å². The van der Waals surface area contributed by atoms with Crippen LogP contribution in [0.15, 0.2) is 273 Å². The van der Waals surface area contributed by atoms with E-state index < -0.39 is 5.41 Å². The van der Waals surface area contributed by atoms with Gasteiger partial charge in [0.1, 0.15) is 0 Å². The molecule has 0 bridgehead atoms. The topological polar surface area (TPSA) is 9.72 Å². The van der Waals surface area contributed by atoms with Crippen molar-refractivity contribution in [2.75, 3.05) is 14.7 Å². The summed E-state index contributed by atoms with van der Waals surface area (Å²) in [5, 5.41) is 0. The van der Waals surface area contributed by atoms with Crippen molar-refractivity contribution in [2.45, 2.75) is 43.9 Å². The summed E-state index contributed by atoms with van der Waals surface area (Å²) in [6, 6.07) is 101. The lowest BCUT2D eigenvalue weighted by Gasteiger charge is -2.46. The zero-order valence-corrected chi connectivity index (χ0v) is 43.3. The molecule has 0 radical (unpaired) electrons. The molecule has 2 aliphatic carbocycles. The summed E-state index contributed by atoms with van der Waals surface area (Å²) >= 11 is 0. The van der Waals surface area contributed by atoms with Crippen LogP contribution in [0, 0.1) is 0 Å². The highest BCUT2D eigenvalue weighted by atomic mass is 15.2. The third-order valence-electron chi connectivity index (χ3n) is 16.9. The molecule has 11 aromatic rings. The first-order chi connectivity index (χ1) is 37.2. The van der Waals surface area contributed by atoms with Crippen molar-refractivity contribution in [1.82, 2.24) is 0 Å². The number of anilines is 9. The summed E-state index contributed by atoms with van der Waals surface area (Å²) in [4.78, 5) is 7.28. The van der Waals surface area contributed by atoms with Crippen molar-refractivity contribution in [3.05, 3.63) is 317 Å². The average molecular weight is 976 g/mol. The second-order valence-corrected chi connectivity index (χ2v) is 21.7. The summed E-state index contributed by atoms with van der Waals surface area (Å²) in [5.41, 5.74) is 24.7. The van der Waals surface area contributed by atoms with Crippen LogP contribution < -0.4 is 14.7 Å². The summed E-state index contributed by atoms with van der Waals surface area (Å²) in [7, 11) is 0. The lowest BCUT2D eigenvalue weighted by atomic mass is 9.62. The predicted molar refractivity (Wildman–Crippen MR) is 317 cm³/mol. The Morgan fingerprint density at radius 1 is 0.263 bits per heavy atom. The zero-order chi connectivity index (χ0) is 51.2. The van der Waals surface area contributed by atoms with Crippen molar-refractivity contribution in [2.24, 2.45) is 0 Å². The Bertz CT molecular complexity index is 3750. The maximum absolute atomic E-state index is 2.45. The molecule has 364 valence electrons. The molecular formula is C73H57N3. The Morgan fingerprint density at radius 3 is 1.00 bits per heavy atom. The molecule has 0 amide bonds. The van der Waals surface area contributed by atoms with Crippen molar-refractivity contribution in [3.8, 4) is 22.3 Å². The molecular weight excluding hydrogens is 919 g/mol. The van der Waals surface area contributed by atoms with E-state index in [4.69, 9.17) is 0 Å². The fourth-order valence-electron chi connectivity index (χ4n) is 13.3. The molecule has 3 heteroatoms. The molecule has 0 aromatic heterocycles. The first-order valence-electron chi connectivity index (χ1n) is 26.7. The Labute approximate surface area is 447 Å². The van der Waals surface area contributed by atoms with E-state index in [1.807, 2.05) is 0 Å². The van der Waals surface area contributed by atoms with Gasteiger partial charge in [-0.3, -0.25) is 0 Å². The number of para-hydroxylation sites is 5. The van der Waals surface area contributed by atoms with Crippen LogP contribution >= 0.6 is 0 Å². The van der Waals surface area contributed by atoms with Crippen LogP contribution in [0.2, 0.25) is 0 Å². The number of fused-ring (bicyclic) bond motifs is 8. The SMILES string of the molecule is CC1(C)c2ccccc2-c2ccc(N(c3ccccc3)c3ccc(C4(c5ccc(N(c6ccccc6)c6ccc7c(c6)C(C)(C)c6ccccc6-7)cc5)c5ccccc5N(c5ccccc5)c5ccccc54)cc3)cc21. The van der Waals surface area contributed by atoms with E-state index in [0.717, 1.165) is 51.2 Å². The predicted octanol–water partition coefficient (Wildman–Crippen LogP) is 19.4. The summed E-state index contributed by atoms with van der Waals surface area (Å²) in [6.07, 6.45) is 0. The summed E-state index contributed by atoms with van der Waals surface area (Å²) in [5.74, 6) is 0. The van der Waals surface area contributed by atoms with Gasteiger partial charge in [0.25, 0.3) is 0 Å². The standard InChI is InChI=1S/C73H57N3/c1-71(2)63-30-16-14-28-59(63)61-46-44-57(48-67(61)71)74(52-22-8-5-9-23-52)55-40-36-50(37-41-55)73(65-32-18-20-34-69(65)76(54-26-12-7-13-27-54)70-35-21-19-33-66(70)73)51-38-42-56(43-39-51)75(53-24-10-6-11-25-53)58-45-47-62-60-29-15-17-31-64(60)72(3,4)68(62)49-58/h5-49H,1-4H3. The fraction of sp³-hybridized carbons (Fsp3) is 0.0959. The van der Waals surface area contributed by atoms with E-state index in [1.165, 1.54) is 66.8 Å². The lowest BCUT2D eigenvalue weighted by Crippen LogP contribution is -2.37. The molecule has 0 saturated carbocycles. The van der Waals surface area contributed by atoms with Gasteiger partial charge >= 0.3 is 0 Å². The fourth-order valence-corrected chi connectivity index (χ4v) is 13.3. The lowest BCUT2D eigenvalue weighted by molar-refractivity contribution is 0.660.